The summed E-state index contributed by atoms with van der Waals surface area (Å²) in [7, 11) is 1.55. The Hall–Kier alpha value is -1.30. The predicted octanol–water partition coefficient (Wildman–Crippen LogP) is 0.640. The van der Waals surface area contributed by atoms with Gasteiger partial charge in [0.05, 0.1) is 6.54 Å². The quantitative estimate of drug-likeness (QED) is 0.800. The lowest BCUT2D eigenvalue weighted by molar-refractivity contribution is -0.131. The highest BCUT2D eigenvalue weighted by molar-refractivity contribution is 5.83. The van der Waals surface area contributed by atoms with Crippen LogP contribution in [-0.2, 0) is 4.79 Å². The van der Waals surface area contributed by atoms with E-state index in [0.717, 1.165) is 32.1 Å². The van der Waals surface area contributed by atoms with Crippen LogP contribution in [0.1, 0.15) is 32.1 Å². The summed E-state index contributed by atoms with van der Waals surface area (Å²) in [4.78, 5) is 27.4. The first-order chi connectivity index (χ1) is 10.2. The molecule has 0 atom stereocenters. The highest BCUT2D eigenvalue weighted by Gasteiger charge is 2.23. The average molecular weight is 296 g/mol. The summed E-state index contributed by atoms with van der Waals surface area (Å²) in [5, 5.41) is 5.00. The largest absolute Gasteiger partial charge is 0.341 e. The lowest BCUT2D eigenvalue weighted by Gasteiger charge is -2.37. The Kier molecular flexibility index (Phi) is 6.29. The maximum Gasteiger partial charge on any atom is 0.314 e. The lowest BCUT2D eigenvalue weighted by atomic mass is 9.89. The third-order valence-electron chi connectivity index (χ3n) is 4.59. The van der Waals surface area contributed by atoms with Crippen molar-refractivity contribution in [2.45, 2.75) is 32.1 Å². The van der Waals surface area contributed by atoms with E-state index < -0.39 is 0 Å². The van der Waals surface area contributed by atoms with Gasteiger partial charge in [0.1, 0.15) is 0 Å². The van der Waals surface area contributed by atoms with Gasteiger partial charge in [-0.1, -0.05) is 19.3 Å². The van der Waals surface area contributed by atoms with E-state index in [2.05, 4.69) is 15.5 Å². The van der Waals surface area contributed by atoms with Gasteiger partial charge in [-0.25, -0.2) is 4.79 Å². The number of amides is 3. The monoisotopic (exact) mass is 296 g/mol. The fraction of sp³-hybridized carbons (Fsp3) is 0.867. The first kappa shape index (κ1) is 16.1. The Labute approximate surface area is 127 Å². The summed E-state index contributed by atoms with van der Waals surface area (Å²) in [6.07, 6.45) is 6.91. The van der Waals surface area contributed by atoms with Gasteiger partial charge >= 0.3 is 6.03 Å². The molecule has 0 unspecified atom stereocenters. The van der Waals surface area contributed by atoms with Crippen LogP contribution in [0.4, 0.5) is 4.79 Å². The van der Waals surface area contributed by atoms with Gasteiger partial charge in [0.15, 0.2) is 0 Å². The molecule has 3 amide bonds. The summed E-state index contributed by atoms with van der Waals surface area (Å²) in [5.41, 5.74) is 0. The fourth-order valence-electron chi connectivity index (χ4n) is 3.27. The number of hydrogen-bond acceptors (Lipinski definition) is 3. The Balaban J connectivity index is 1.65. The van der Waals surface area contributed by atoms with Crippen molar-refractivity contribution in [3.63, 3.8) is 0 Å². The average Bonchev–Trinajstić information content (AvgIpc) is 2.54. The second-order valence-electron chi connectivity index (χ2n) is 6.12. The van der Waals surface area contributed by atoms with E-state index in [0.29, 0.717) is 0 Å². The van der Waals surface area contributed by atoms with Crippen LogP contribution < -0.4 is 10.6 Å². The number of hydrogen-bond donors (Lipinski definition) is 2. The zero-order chi connectivity index (χ0) is 15.1. The Morgan fingerprint density at radius 2 is 1.71 bits per heavy atom. The SMILES string of the molecule is CNC(=O)NCC(=O)N1CCN(CC2CCCCC2)CC1. The van der Waals surface area contributed by atoms with E-state index in [9.17, 15) is 9.59 Å². The molecule has 0 aromatic rings. The second kappa shape index (κ2) is 8.22. The van der Waals surface area contributed by atoms with Gasteiger partial charge in [-0.2, -0.15) is 0 Å². The Morgan fingerprint density at radius 3 is 2.33 bits per heavy atom. The molecule has 1 aliphatic carbocycles. The van der Waals surface area contributed by atoms with E-state index in [1.165, 1.54) is 38.6 Å². The summed E-state index contributed by atoms with van der Waals surface area (Å²) in [6, 6.07) is -0.306. The summed E-state index contributed by atoms with van der Waals surface area (Å²) in [5.74, 6) is 0.867. The minimum atomic E-state index is -0.306. The van der Waals surface area contributed by atoms with Crippen LogP contribution in [0.3, 0.4) is 0 Å². The van der Waals surface area contributed by atoms with Gasteiger partial charge in [-0.3, -0.25) is 9.69 Å². The maximum absolute atomic E-state index is 12.0. The molecule has 1 saturated heterocycles. The van der Waals surface area contributed by atoms with Crippen molar-refractivity contribution < 1.29 is 9.59 Å². The molecular formula is C15H28N4O2. The van der Waals surface area contributed by atoms with Crippen molar-refractivity contribution in [2.24, 2.45) is 5.92 Å². The number of carbonyl (C=O) groups is 2. The van der Waals surface area contributed by atoms with Crippen LogP contribution in [0.25, 0.3) is 0 Å². The van der Waals surface area contributed by atoms with E-state index in [4.69, 9.17) is 0 Å². The number of carbonyl (C=O) groups excluding carboxylic acids is 2. The second-order valence-corrected chi connectivity index (χ2v) is 6.12. The van der Waals surface area contributed by atoms with Crippen molar-refractivity contribution in [1.82, 2.24) is 20.4 Å². The zero-order valence-corrected chi connectivity index (χ0v) is 13.1. The Bertz CT molecular complexity index is 348. The molecule has 120 valence electrons. The van der Waals surface area contributed by atoms with Crippen molar-refractivity contribution in [3.8, 4) is 0 Å². The van der Waals surface area contributed by atoms with Gasteiger partial charge in [0.2, 0.25) is 5.91 Å². The normalized spacial score (nSPS) is 21.1. The molecule has 21 heavy (non-hydrogen) atoms. The number of nitrogens with zero attached hydrogens (tertiary/aromatic N) is 2. The highest BCUT2D eigenvalue weighted by atomic mass is 16.2. The lowest BCUT2D eigenvalue weighted by Crippen LogP contribution is -2.52. The van der Waals surface area contributed by atoms with Gasteiger partial charge in [-0.05, 0) is 18.8 Å². The van der Waals surface area contributed by atoms with Crippen molar-refractivity contribution >= 4 is 11.9 Å². The summed E-state index contributed by atoms with van der Waals surface area (Å²) >= 11 is 0. The molecule has 2 aliphatic rings. The highest BCUT2D eigenvalue weighted by Crippen LogP contribution is 2.24. The van der Waals surface area contributed by atoms with Gasteiger partial charge < -0.3 is 15.5 Å². The van der Waals surface area contributed by atoms with Gasteiger partial charge in [0, 0.05) is 39.8 Å². The van der Waals surface area contributed by atoms with Crippen molar-refractivity contribution in [3.05, 3.63) is 0 Å². The maximum atomic E-state index is 12.0. The molecule has 6 nitrogen and oxygen atoms in total. The molecule has 2 fully saturated rings. The van der Waals surface area contributed by atoms with E-state index >= 15 is 0 Å². The summed E-state index contributed by atoms with van der Waals surface area (Å²) in [6.45, 7) is 4.76. The van der Waals surface area contributed by atoms with Crippen LogP contribution >= 0.6 is 0 Å². The molecular weight excluding hydrogens is 268 g/mol. The standard InChI is InChI=1S/C15H28N4O2/c1-16-15(21)17-11-14(20)19-9-7-18(8-10-19)12-13-5-3-2-4-6-13/h13H,2-12H2,1H3,(H2,16,17,21). The van der Waals surface area contributed by atoms with Crippen molar-refractivity contribution in [2.75, 3.05) is 46.3 Å². The fourth-order valence-corrected chi connectivity index (χ4v) is 3.27. The van der Waals surface area contributed by atoms with E-state index in [1.807, 2.05) is 4.90 Å². The smallest absolute Gasteiger partial charge is 0.314 e. The minimum Gasteiger partial charge on any atom is -0.341 e. The predicted molar refractivity (Wildman–Crippen MR) is 82.1 cm³/mol. The molecule has 0 radical (unpaired) electrons. The molecule has 1 aliphatic heterocycles. The molecule has 0 bridgehead atoms. The van der Waals surface area contributed by atoms with Crippen molar-refractivity contribution in [1.29, 1.82) is 0 Å². The summed E-state index contributed by atoms with van der Waals surface area (Å²) < 4.78 is 0. The molecule has 0 aromatic heterocycles. The molecule has 6 heteroatoms. The molecule has 1 heterocycles. The number of urea groups is 1. The molecule has 2 rings (SSSR count). The third kappa shape index (κ3) is 5.19. The van der Waals surface area contributed by atoms with Gasteiger partial charge in [0.25, 0.3) is 0 Å². The Morgan fingerprint density at radius 1 is 1.05 bits per heavy atom. The van der Waals surface area contributed by atoms with Crippen LogP contribution in [0.2, 0.25) is 0 Å². The van der Waals surface area contributed by atoms with Crippen LogP contribution in [0, 0.1) is 5.92 Å². The van der Waals surface area contributed by atoms with E-state index in [1.54, 1.807) is 7.05 Å². The molecule has 1 saturated carbocycles. The topological polar surface area (TPSA) is 64.7 Å². The molecule has 0 spiro atoms. The first-order valence-corrected chi connectivity index (χ1v) is 8.14. The third-order valence-corrected chi connectivity index (χ3v) is 4.59. The minimum absolute atomic E-state index is 0.0101. The molecule has 2 N–H and O–H groups in total. The van der Waals surface area contributed by atoms with Crippen LogP contribution in [-0.4, -0.2) is 68.1 Å². The van der Waals surface area contributed by atoms with Crippen LogP contribution in [0.5, 0.6) is 0 Å². The number of piperazine rings is 1. The zero-order valence-electron chi connectivity index (χ0n) is 13.1. The number of rotatable bonds is 4. The van der Waals surface area contributed by atoms with Gasteiger partial charge in [-0.15, -0.1) is 0 Å². The number of nitrogens with one attached hydrogen (secondary N) is 2. The first-order valence-electron chi connectivity index (χ1n) is 8.14. The van der Waals surface area contributed by atoms with E-state index in [-0.39, 0.29) is 18.5 Å². The molecule has 0 aromatic carbocycles. The van der Waals surface area contributed by atoms with Crippen LogP contribution in [0.15, 0.2) is 0 Å².